The number of carbonyl (C=O) groups excluding carboxylic acids is 1. The first-order valence-corrected chi connectivity index (χ1v) is 3.88. The zero-order chi connectivity index (χ0) is 9.52. The molecule has 1 aromatic rings. The fraction of sp³-hybridized carbons (Fsp3) is 0.100. The van der Waals surface area contributed by atoms with Crippen LogP contribution in [0.15, 0.2) is 42.8 Å². The maximum Gasteiger partial charge on any atom is 0.255 e. The van der Waals surface area contributed by atoms with Crippen molar-refractivity contribution in [3.8, 4) is 0 Å². The van der Waals surface area contributed by atoms with Gasteiger partial charge in [-0.25, -0.2) is 0 Å². The normalized spacial score (nSPS) is 9.92. The Hall–Kier alpha value is -1.77. The zero-order valence-corrected chi connectivity index (χ0v) is 7.36. The highest BCUT2D eigenvalue weighted by Gasteiger charge is 1.99. The van der Waals surface area contributed by atoms with Crippen LogP contribution in [0.4, 0.5) is 0 Å². The molecular formula is C10H11NO2. The predicted octanol–water partition coefficient (Wildman–Crippen LogP) is 1.53. The van der Waals surface area contributed by atoms with Gasteiger partial charge in [0.1, 0.15) is 0 Å². The predicted molar refractivity (Wildman–Crippen MR) is 50.1 cm³/mol. The molecule has 0 aliphatic carbocycles. The minimum Gasteiger partial charge on any atom is -0.503 e. The molecule has 0 saturated carbocycles. The number of nitrogens with one attached hydrogen (secondary N) is 1. The molecule has 0 aliphatic heterocycles. The van der Waals surface area contributed by atoms with Gasteiger partial charge in [0.15, 0.2) is 0 Å². The van der Waals surface area contributed by atoms with Crippen LogP contribution in [-0.2, 0) is 4.74 Å². The molecule has 13 heavy (non-hydrogen) atoms. The summed E-state index contributed by atoms with van der Waals surface area (Å²) in [4.78, 5) is 11.3. The molecule has 0 heterocycles. The van der Waals surface area contributed by atoms with Crippen molar-refractivity contribution in [3.05, 3.63) is 48.4 Å². The second-order valence-electron chi connectivity index (χ2n) is 2.38. The fourth-order valence-corrected chi connectivity index (χ4v) is 0.851. The Morgan fingerprint density at radius 3 is 2.69 bits per heavy atom. The van der Waals surface area contributed by atoms with Crippen LogP contribution in [0, 0.1) is 0 Å². The van der Waals surface area contributed by atoms with Crippen LogP contribution in [0.5, 0.6) is 0 Å². The Kier molecular flexibility index (Phi) is 3.57. The van der Waals surface area contributed by atoms with Crippen LogP contribution in [0.3, 0.4) is 0 Å². The monoisotopic (exact) mass is 177 g/mol. The maximum absolute atomic E-state index is 11.3. The molecule has 1 aromatic carbocycles. The van der Waals surface area contributed by atoms with E-state index < -0.39 is 0 Å². The van der Waals surface area contributed by atoms with Gasteiger partial charge in [-0.05, 0) is 12.1 Å². The molecule has 0 aliphatic rings. The van der Waals surface area contributed by atoms with Gasteiger partial charge in [-0.15, -0.1) is 0 Å². The number of carbonyl (C=O) groups is 1. The molecule has 1 amide bonds. The van der Waals surface area contributed by atoms with Crippen molar-refractivity contribution in [3.63, 3.8) is 0 Å². The Labute approximate surface area is 77.0 Å². The van der Waals surface area contributed by atoms with E-state index in [0.29, 0.717) is 5.56 Å². The third-order valence-corrected chi connectivity index (χ3v) is 1.45. The minimum atomic E-state index is -0.145. The quantitative estimate of drug-likeness (QED) is 0.711. The third kappa shape index (κ3) is 2.99. The van der Waals surface area contributed by atoms with E-state index in [2.05, 4.69) is 10.1 Å². The van der Waals surface area contributed by atoms with E-state index in [0.717, 1.165) is 0 Å². The summed E-state index contributed by atoms with van der Waals surface area (Å²) < 4.78 is 4.63. The Balaban J connectivity index is 2.54. The third-order valence-electron chi connectivity index (χ3n) is 1.45. The number of amides is 1. The summed E-state index contributed by atoms with van der Waals surface area (Å²) in [6, 6.07) is 8.98. The molecule has 0 saturated heterocycles. The van der Waals surface area contributed by atoms with Crippen LogP contribution in [0.2, 0.25) is 0 Å². The first-order chi connectivity index (χ1) is 6.34. The molecule has 1 rings (SSSR count). The first-order valence-electron chi connectivity index (χ1n) is 3.88. The topological polar surface area (TPSA) is 38.3 Å². The van der Waals surface area contributed by atoms with E-state index in [1.165, 1.54) is 19.6 Å². The van der Waals surface area contributed by atoms with Gasteiger partial charge in [-0.3, -0.25) is 4.79 Å². The highest BCUT2D eigenvalue weighted by atomic mass is 16.5. The molecule has 68 valence electrons. The van der Waals surface area contributed by atoms with Crippen molar-refractivity contribution >= 4 is 5.91 Å². The summed E-state index contributed by atoms with van der Waals surface area (Å²) in [5.41, 5.74) is 0.628. The van der Waals surface area contributed by atoms with E-state index in [9.17, 15) is 4.79 Å². The second-order valence-corrected chi connectivity index (χ2v) is 2.38. The van der Waals surface area contributed by atoms with E-state index in [1.807, 2.05) is 18.2 Å². The fourth-order valence-electron chi connectivity index (χ4n) is 0.851. The number of methoxy groups -OCH3 is 1. The van der Waals surface area contributed by atoms with Gasteiger partial charge in [-0.1, -0.05) is 18.2 Å². The van der Waals surface area contributed by atoms with Crippen molar-refractivity contribution in [1.82, 2.24) is 5.32 Å². The summed E-state index contributed by atoms with van der Waals surface area (Å²) in [6.07, 6.45) is 2.86. The molecule has 1 N–H and O–H groups in total. The lowest BCUT2D eigenvalue weighted by molar-refractivity contribution is 0.0969. The Morgan fingerprint density at radius 2 is 2.08 bits per heavy atom. The molecule has 0 fully saturated rings. The minimum absolute atomic E-state index is 0.145. The average molecular weight is 177 g/mol. The van der Waals surface area contributed by atoms with E-state index in [1.54, 1.807) is 12.1 Å². The van der Waals surface area contributed by atoms with E-state index >= 15 is 0 Å². The van der Waals surface area contributed by atoms with Gasteiger partial charge in [0, 0.05) is 11.8 Å². The van der Waals surface area contributed by atoms with Gasteiger partial charge in [-0.2, -0.15) is 0 Å². The highest BCUT2D eigenvalue weighted by molar-refractivity contribution is 5.94. The van der Waals surface area contributed by atoms with Crippen molar-refractivity contribution < 1.29 is 9.53 Å². The molecule has 0 radical (unpaired) electrons. The molecule has 3 heteroatoms. The summed E-state index contributed by atoms with van der Waals surface area (Å²) >= 11 is 0. The lowest BCUT2D eigenvalue weighted by Gasteiger charge is -1.98. The standard InChI is InChI=1S/C10H11NO2/c1-13-8-7-11-10(12)9-5-3-2-4-6-9/h2-8H,1H3,(H,11,12)/b8-7+. The molecule has 0 unspecified atom stereocenters. The smallest absolute Gasteiger partial charge is 0.255 e. The SMILES string of the molecule is CO/C=C/NC(=O)c1ccccc1. The summed E-state index contributed by atoms with van der Waals surface area (Å²) in [7, 11) is 1.52. The van der Waals surface area contributed by atoms with E-state index in [4.69, 9.17) is 0 Å². The zero-order valence-electron chi connectivity index (χ0n) is 7.36. The van der Waals surface area contributed by atoms with Crippen molar-refractivity contribution in [2.75, 3.05) is 7.11 Å². The van der Waals surface area contributed by atoms with Gasteiger partial charge in [0.25, 0.3) is 5.91 Å². The van der Waals surface area contributed by atoms with Crippen LogP contribution in [0.1, 0.15) is 10.4 Å². The highest BCUT2D eigenvalue weighted by Crippen LogP contribution is 1.97. The van der Waals surface area contributed by atoms with Crippen LogP contribution in [0.25, 0.3) is 0 Å². The number of benzene rings is 1. The van der Waals surface area contributed by atoms with Crippen LogP contribution < -0.4 is 5.32 Å². The Morgan fingerprint density at radius 1 is 1.38 bits per heavy atom. The van der Waals surface area contributed by atoms with Crippen molar-refractivity contribution in [1.29, 1.82) is 0 Å². The number of hydrogen-bond acceptors (Lipinski definition) is 2. The second kappa shape index (κ2) is 4.98. The summed E-state index contributed by atoms with van der Waals surface area (Å²) in [5.74, 6) is -0.145. The van der Waals surface area contributed by atoms with Gasteiger partial charge in [0.05, 0.1) is 13.4 Å². The average Bonchev–Trinajstić information content (AvgIpc) is 2.19. The lowest BCUT2D eigenvalue weighted by Crippen LogP contribution is -2.16. The lowest BCUT2D eigenvalue weighted by atomic mass is 10.2. The molecular weight excluding hydrogens is 166 g/mol. The largest absolute Gasteiger partial charge is 0.503 e. The van der Waals surface area contributed by atoms with Gasteiger partial charge < -0.3 is 10.1 Å². The Bertz CT molecular complexity index is 293. The maximum atomic E-state index is 11.3. The number of ether oxygens (including phenoxy) is 1. The summed E-state index contributed by atoms with van der Waals surface area (Å²) in [6.45, 7) is 0. The number of rotatable bonds is 3. The summed E-state index contributed by atoms with van der Waals surface area (Å²) in [5, 5.41) is 2.56. The molecule has 0 bridgehead atoms. The van der Waals surface area contributed by atoms with Crippen molar-refractivity contribution in [2.24, 2.45) is 0 Å². The van der Waals surface area contributed by atoms with Crippen molar-refractivity contribution in [2.45, 2.75) is 0 Å². The van der Waals surface area contributed by atoms with E-state index in [-0.39, 0.29) is 5.91 Å². The number of hydrogen-bond donors (Lipinski definition) is 1. The molecule has 0 atom stereocenters. The molecule has 0 aromatic heterocycles. The van der Waals surface area contributed by atoms with Crippen LogP contribution >= 0.6 is 0 Å². The first kappa shape index (κ1) is 9.32. The van der Waals surface area contributed by atoms with Gasteiger partial charge >= 0.3 is 0 Å². The molecule has 0 spiro atoms. The van der Waals surface area contributed by atoms with Gasteiger partial charge in [0.2, 0.25) is 0 Å². The molecule has 3 nitrogen and oxygen atoms in total. The van der Waals surface area contributed by atoms with Crippen LogP contribution in [-0.4, -0.2) is 13.0 Å².